The van der Waals surface area contributed by atoms with Crippen molar-refractivity contribution >= 4 is 17.2 Å². The summed E-state index contributed by atoms with van der Waals surface area (Å²) in [4.78, 5) is 18.3. The van der Waals surface area contributed by atoms with Gasteiger partial charge in [0.25, 0.3) is 5.91 Å². The fraction of sp³-hybridized carbons (Fsp3) is 0.333. The Morgan fingerprint density at radius 2 is 2.10 bits per heavy atom. The van der Waals surface area contributed by atoms with E-state index in [1.54, 1.807) is 24.4 Å². The summed E-state index contributed by atoms with van der Waals surface area (Å²) in [5.74, 6) is 0.726. The summed E-state index contributed by atoms with van der Waals surface area (Å²) in [5, 5.41) is 2.69. The maximum absolute atomic E-state index is 12.3. The fourth-order valence-electron chi connectivity index (χ4n) is 1.92. The molecule has 21 heavy (non-hydrogen) atoms. The van der Waals surface area contributed by atoms with E-state index in [4.69, 9.17) is 10.5 Å². The molecule has 0 saturated carbocycles. The minimum Gasteiger partial charge on any atom is -0.497 e. The van der Waals surface area contributed by atoms with Gasteiger partial charge in [-0.3, -0.25) is 4.79 Å². The highest BCUT2D eigenvalue weighted by Gasteiger charge is 2.15. The maximum Gasteiger partial charge on any atom is 0.273 e. The summed E-state index contributed by atoms with van der Waals surface area (Å²) in [6.45, 7) is 1.08. The van der Waals surface area contributed by atoms with Crippen LogP contribution < -0.4 is 10.5 Å². The van der Waals surface area contributed by atoms with Crippen molar-refractivity contribution in [2.75, 3.05) is 20.7 Å². The summed E-state index contributed by atoms with van der Waals surface area (Å²) < 4.78 is 5.12. The lowest BCUT2D eigenvalue weighted by molar-refractivity contribution is 0.0780. The molecule has 0 aliphatic rings. The van der Waals surface area contributed by atoms with Crippen molar-refractivity contribution in [3.05, 3.63) is 45.9 Å². The van der Waals surface area contributed by atoms with Crippen LogP contribution >= 0.6 is 11.3 Å². The van der Waals surface area contributed by atoms with Crippen LogP contribution in [0, 0.1) is 0 Å². The number of hydrogen-bond acceptors (Lipinski definition) is 5. The predicted molar refractivity (Wildman–Crippen MR) is 83.7 cm³/mol. The Balaban J connectivity index is 2.00. The zero-order chi connectivity index (χ0) is 15.2. The van der Waals surface area contributed by atoms with Crippen molar-refractivity contribution < 1.29 is 9.53 Å². The molecule has 6 heteroatoms. The molecule has 2 rings (SSSR count). The number of nitrogens with zero attached hydrogens (tertiary/aromatic N) is 2. The van der Waals surface area contributed by atoms with E-state index >= 15 is 0 Å². The molecule has 0 saturated heterocycles. The van der Waals surface area contributed by atoms with Gasteiger partial charge in [0.2, 0.25) is 0 Å². The molecule has 2 N–H and O–H groups in total. The molecule has 1 aromatic carbocycles. The average Bonchev–Trinajstić information content (AvgIpc) is 2.96. The number of carbonyl (C=O) groups excluding carboxylic acids is 1. The van der Waals surface area contributed by atoms with Crippen LogP contribution in [0.1, 0.15) is 21.1 Å². The molecule has 5 nitrogen and oxygen atoms in total. The molecule has 1 aromatic heterocycles. The molecule has 0 bridgehead atoms. The Bertz CT molecular complexity index is 595. The normalized spacial score (nSPS) is 10.4. The number of thiazole rings is 1. The molecule has 1 heterocycles. The summed E-state index contributed by atoms with van der Waals surface area (Å²) in [5.41, 5.74) is 7.02. The summed E-state index contributed by atoms with van der Waals surface area (Å²) in [6.07, 6.45) is 0.708. The minimum atomic E-state index is -0.0784. The van der Waals surface area contributed by atoms with E-state index in [1.807, 2.05) is 24.3 Å². The first-order valence-corrected chi connectivity index (χ1v) is 7.55. The van der Waals surface area contributed by atoms with Gasteiger partial charge in [-0.05, 0) is 24.2 Å². The van der Waals surface area contributed by atoms with Crippen LogP contribution in [-0.4, -0.2) is 36.5 Å². The lowest BCUT2D eigenvalue weighted by Gasteiger charge is -2.16. The van der Waals surface area contributed by atoms with Gasteiger partial charge >= 0.3 is 0 Å². The zero-order valence-electron chi connectivity index (χ0n) is 12.2. The third-order valence-electron chi connectivity index (χ3n) is 3.05. The minimum absolute atomic E-state index is 0.0784. The molecule has 0 unspecified atom stereocenters. The molecular formula is C15H19N3O2S. The van der Waals surface area contributed by atoms with E-state index < -0.39 is 0 Å². The molecular weight excluding hydrogens is 286 g/mol. The number of aromatic nitrogens is 1. The quantitative estimate of drug-likeness (QED) is 0.885. The van der Waals surface area contributed by atoms with Crippen LogP contribution in [0.4, 0.5) is 0 Å². The molecule has 0 aliphatic heterocycles. The van der Waals surface area contributed by atoms with Crippen LogP contribution in [0.5, 0.6) is 5.75 Å². The number of hydrogen-bond donors (Lipinski definition) is 1. The van der Waals surface area contributed by atoms with Crippen molar-refractivity contribution in [3.8, 4) is 5.75 Å². The number of carbonyl (C=O) groups is 1. The summed E-state index contributed by atoms with van der Waals surface area (Å²) >= 11 is 1.48. The third-order valence-corrected chi connectivity index (χ3v) is 3.96. The maximum atomic E-state index is 12.3. The number of methoxy groups -OCH3 is 1. The Labute approximate surface area is 128 Å². The van der Waals surface area contributed by atoms with E-state index in [9.17, 15) is 4.79 Å². The number of ether oxygens (including phenoxy) is 1. The fourth-order valence-corrected chi connectivity index (χ4v) is 2.71. The van der Waals surface area contributed by atoms with E-state index in [-0.39, 0.29) is 5.91 Å². The second kappa shape index (κ2) is 7.19. The van der Waals surface area contributed by atoms with E-state index in [2.05, 4.69) is 4.98 Å². The van der Waals surface area contributed by atoms with Crippen molar-refractivity contribution in [3.63, 3.8) is 0 Å². The highest BCUT2D eigenvalue weighted by molar-refractivity contribution is 7.09. The van der Waals surface area contributed by atoms with Gasteiger partial charge in [0.05, 0.1) is 12.1 Å². The summed E-state index contributed by atoms with van der Waals surface area (Å²) in [7, 11) is 3.40. The predicted octanol–water partition coefficient (Wildman–Crippen LogP) is 1.93. The van der Waals surface area contributed by atoms with Crippen LogP contribution in [0.25, 0.3) is 0 Å². The largest absolute Gasteiger partial charge is 0.497 e. The first-order chi connectivity index (χ1) is 10.1. The van der Waals surface area contributed by atoms with Crippen LogP contribution in [0.2, 0.25) is 0 Å². The Morgan fingerprint density at radius 1 is 1.38 bits per heavy atom. The van der Waals surface area contributed by atoms with Gasteiger partial charge in [-0.2, -0.15) is 0 Å². The monoisotopic (exact) mass is 305 g/mol. The van der Waals surface area contributed by atoms with Gasteiger partial charge < -0.3 is 15.4 Å². The number of amides is 1. The number of benzene rings is 1. The van der Waals surface area contributed by atoms with Crippen molar-refractivity contribution in [1.82, 2.24) is 9.88 Å². The van der Waals surface area contributed by atoms with Crippen molar-refractivity contribution in [2.45, 2.75) is 13.0 Å². The standard InChI is InChI=1S/C15H19N3O2S/c1-18(9-11-3-5-12(20-2)6-4-11)15(19)13-10-21-14(17-13)7-8-16/h3-6,10H,7-9,16H2,1-2H3. The molecule has 112 valence electrons. The molecule has 0 radical (unpaired) electrons. The zero-order valence-corrected chi connectivity index (χ0v) is 13.0. The lowest BCUT2D eigenvalue weighted by Crippen LogP contribution is -2.26. The second-order valence-electron chi connectivity index (χ2n) is 4.67. The van der Waals surface area contributed by atoms with Gasteiger partial charge in [-0.15, -0.1) is 11.3 Å². The molecule has 0 spiro atoms. The van der Waals surface area contributed by atoms with Crippen molar-refractivity contribution in [2.24, 2.45) is 5.73 Å². The number of nitrogens with two attached hydrogens (primary N) is 1. The van der Waals surface area contributed by atoms with Gasteiger partial charge in [-0.25, -0.2) is 4.98 Å². The number of rotatable bonds is 6. The van der Waals surface area contributed by atoms with Crippen LogP contribution in [0.15, 0.2) is 29.6 Å². The first-order valence-electron chi connectivity index (χ1n) is 6.67. The molecule has 1 amide bonds. The lowest BCUT2D eigenvalue weighted by atomic mass is 10.2. The Kier molecular flexibility index (Phi) is 5.30. The molecule has 0 atom stereocenters. The Morgan fingerprint density at radius 3 is 2.71 bits per heavy atom. The highest BCUT2D eigenvalue weighted by atomic mass is 32.1. The van der Waals surface area contributed by atoms with Crippen molar-refractivity contribution in [1.29, 1.82) is 0 Å². The van der Waals surface area contributed by atoms with E-state index in [1.165, 1.54) is 11.3 Å². The topological polar surface area (TPSA) is 68.5 Å². The van der Waals surface area contributed by atoms with Crippen LogP contribution in [0.3, 0.4) is 0 Å². The van der Waals surface area contributed by atoms with E-state index in [0.717, 1.165) is 16.3 Å². The smallest absolute Gasteiger partial charge is 0.273 e. The van der Waals surface area contributed by atoms with Gasteiger partial charge in [0.15, 0.2) is 0 Å². The van der Waals surface area contributed by atoms with E-state index in [0.29, 0.717) is 25.2 Å². The van der Waals surface area contributed by atoms with Gasteiger partial charge in [0, 0.05) is 25.4 Å². The first kappa shape index (κ1) is 15.5. The average molecular weight is 305 g/mol. The molecule has 0 fully saturated rings. The summed E-state index contributed by atoms with van der Waals surface area (Å²) in [6, 6.07) is 7.67. The molecule has 0 aliphatic carbocycles. The SMILES string of the molecule is COc1ccc(CN(C)C(=O)c2csc(CCN)n2)cc1. The van der Waals surface area contributed by atoms with Gasteiger partial charge in [0.1, 0.15) is 11.4 Å². The second-order valence-corrected chi connectivity index (χ2v) is 5.62. The van der Waals surface area contributed by atoms with Crippen LogP contribution in [-0.2, 0) is 13.0 Å². The highest BCUT2D eigenvalue weighted by Crippen LogP contribution is 2.15. The third kappa shape index (κ3) is 4.03. The van der Waals surface area contributed by atoms with Gasteiger partial charge in [-0.1, -0.05) is 12.1 Å². The Hall–Kier alpha value is -1.92. The molecule has 2 aromatic rings.